The van der Waals surface area contributed by atoms with Crippen LogP contribution in [0.1, 0.15) is 38.7 Å². The average Bonchev–Trinajstić information content (AvgIpc) is 3.03. The van der Waals surface area contributed by atoms with Gasteiger partial charge in [-0.25, -0.2) is 4.79 Å². The first-order valence-electron chi connectivity index (χ1n) is 6.52. The van der Waals surface area contributed by atoms with Crippen molar-refractivity contribution < 1.29 is 15.0 Å². The van der Waals surface area contributed by atoms with Crippen molar-refractivity contribution in [3.05, 3.63) is 35.9 Å². The predicted octanol–water partition coefficient (Wildman–Crippen LogP) is 2.68. The molecule has 104 valence electrons. The van der Waals surface area contributed by atoms with Gasteiger partial charge in [0.25, 0.3) is 0 Å². The van der Waals surface area contributed by atoms with E-state index in [9.17, 15) is 15.0 Å². The highest BCUT2D eigenvalue weighted by atomic mass is 16.4. The van der Waals surface area contributed by atoms with Crippen molar-refractivity contribution >= 4 is 6.09 Å². The molecule has 0 radical (unpaired) electrons. The van der Waals surface area contributed by atoms with Gasteiger partial charge in [-0.2, -0.15) is 0 Å². The first-order valence-corrected chi connectivity index (χ1v) is 6.52. The summed E-state index contributed by atoms with van der Waals surface area (Å²) in [6.45, 7) is 5.44. The fraction of sp³-hybridized carbons (Fsp3) is 0.533. The number of amides is 1. The molecule has 2 unspecified atom stereocenters. The zero-order valence-corrected chi connectivity index (χ0v) is 11.6. The molecule has 1 aliphatic rings. The van der Waals surface area contributed by atoms with Crippen molar-refractivity contribution in [1.29, 1.82) is 0 Å². The van der Waals surface area contributed by atoms with Crippen molar-refractivity contribution in [3.8, 4) is 0 Å². The second-order valence-corrected chi connectivity index (χ2v) is 6.22. The monoisotopic (exact) mass is 263 g/mol. The van der Waals surface area contributed by atoms with E-state index in [4.69, 9.17) is 0 Å². The third kappa shape index (κ3) is 2.32. The molecule has 0 aliphatic heterocycles. The average molecular weight is 263 g/mol. The quantitative estimate of drug-likeness (QED) is 0.881. The van der Waals surface area contributed by atoms with Crippen LogP contribution in [-0.2, 0) is 0 Å². The molecule has 1 saturated carbocycles. The van der Waals surface area contributed by atoms with E-state index in [1.807, 2.05) is 51.1 Å². The summed E-state index contributed by atoms with van der Waals surface area (Å²) >= 11 is 0. The second-order valence-electron chi connectivity index (χ2n) is 6.22. The number of hydrogen-bond donors (Lipinski definition) is 2. The zero-order chi connectivity index (χ0) is 14.3. The van der Waals surface area contributed by atoms with E-state index in [1.165, 1.54) is 4.90 Å². The Morgan fingerprint density at radius 2 is 1.95 bits per heavy atom. The Hall–Kier alpha value is -1.55. The Balaban J connectivity index is 2.34. The maximum Gasteiger partial charge on any atom is 0.408 e. The van der Waals surface area contributed by atoms with Crippen molar-refractivity contribution in [1.82, 2.24) is 4.90 Å². The molecule has 0 saturated heterocycles. The molecule has 1 fully saturated rings. The summed E-state index contributed by atoms with van der Waals surface area (Å²) in [6.07, 6.45) is -0.295. The van der Waals surface area contributed by atoms with Crippen molar-refractivity contribution in [2.45, 2.75) is 44.2 Å². The molecular formula is C15H21NO3. The van der Waals surface area contributed by atoms with E-state index >= 15 is 0 Å². The largest absolute Gasteiger partial charge is 0.465 e. The van der Waals surface area contributed by atoms with Gasteiger partial charge >= 0.3 is 6.09 Å². The van der Waals surface area contributed by atoms with Crippen LogP contribution < -0.4 is 0 Å². The summed E-state index contributed by atoms with van der Waals surface area (Å²) in [6, 6.07) is 9.80. The van der Waals surface area contributed by atoms with Crippen LogP contribution in [0.4, 0.5) is 4.79 Å². The van der Waals surface area contributed by atoms with Gasteiger partial charge in [-0.3, -0.25) is 4.90 Å². The summed E-state index contributed by atoms with van der Waals surface area (Å²) in [4.78, 5) is 13.0. The summed E-state index contributed by atoms with van der Waals surface area (Å²) in [7, 11) is 0. The smallest absolute Gasteiger partial charge is 0.408 e. The molecule has 0 heterocycles. The van der Waals surface area contributed by atoms with Crippen LogP contribution in [-0.4, -0.2) is 38.9 Å². The van der Waals surface area contributed by atoms with E-state index < -0.39 is 17.2 Å². The number of aliphatic hydroxyl groups is 1. The van der Waals surface area contributed by atoms with Crippen molar-refractivity contribution in [2.24, 2.45) is 0 Å². The number of hydrogen-bond acceptors (Lipinski definition) is 2. The van der Waals surface area contributed by atoms with Crippen LogP contribution in [0.3, 0.4) is 0 Å². The van der Waals surface area contributed by atoms with Gasteiger partial charge in [0.2, 0.25) is 0 Å². The normalized spacial score (nSPS) is 26.0. The Bertz CT molecular complexity index is 466. The number of nitrogens with zero attached hydrogens (tertiary/aromatic N) is 1. The predicted molar refractivity (Wildman–Crippen MR) is 73.2 cm³/mol. The Kier molecular flexibility index (Phi) is 3.31. The number of rotatable bonds is 3. The Morgan fingerprint density at radius 1 is 1.37 bits per heavy atom. The molecule has 4 nitrogen and oxygen atoms in total. The van der Waals surface area contributed by atoms with Crippen LogP contribution in [0.25, 0.3) is 0 Å². The van der Waals surface area contributed by atoms with E-state index in [0.717, 1.165) is 5.56 Å². The van der Waals surface area contributed by atoms with Gasteiger partial charge in [0, 0.05) is 11.5 Å². The number of carbonyl (C=O) groups is 1. The number of carboxylic acid groups (broad SMARTS) is 1. The molecule has 4 heteroatoms. The van der Waals surface area contributed by atoms with Crippen molar-refractivity contribution in [3.63, 3.8) is 0 Å². The highest BCUT2D eigenvalue weighted by Crippen LogP contribution is 2.57. The molecular weight excluding hydrogens is 242 g/mol. The number of aliphatic hydroxyl groups excluding tert-OH is 1. The topological polar surface area (TPSA) is 60.8 Å². The molecule has 0 spiro atoms. The third-order valence-corrected chi connectivity index (χ3v) is 3.83. The lowest BCUT2D eigenvalue weighted by molar-refractivity contribution is 0.0320. The molecule has 2 atom stereocenters. The molecule has 0 bridgehead atoms. The Labute approximate surface area is 113 Å². The fourth-order valence-corrected chi connectivity index (χ4v) is 3.05. The van der Waals surface area contributed by atoms with Gasteiger partial charge in [-0.1, -0.05) is 30.3 Å². The van der Waals surface area contributed by atoms with Crippen LogP contribution in [0.5, 0.6) is 0 Å². The molecule has 1 aromatic rings. The maximum absolute atomic E-state index is 11.6. The molecule has 19 heavy (non-hydrogen) atoms. The van der Waals surface area contributed by atoms with Crippen LogP contribution in [0.2, 0.25) is 0 Å². The fourth-order valence-electron chi connectivity index (χ4n) is 3.05. The zero-order valence-electron chi connectivity index (χ0n) is 11.6. The first kappa shape index (κ1) is 13.9. The van der Waals surface area contributed by atoms with Gasteiger partial charge in [-0.15, -0.1) is 0 Å². The van der Waals surface area contributed by atoms with Gasteiger partial charge in [0.05, 0.1) is 12.1 Å². The van der Waals surface area contributed by atoms with Gasteiger partial charge in [0.15, 0.2) is 0 Å². The SMILES string of the molecule is CC(C)(C)N(C(=O)O)C1(CO)CC1c1ccccc1. The highest BCUT2D eigenvalue weighted by Gasteiger charge is 2.62. The lowest BCUT2D eigenvalue weighted by Gasteiger charge is -2.40. The second kappa shape index (κ2) is 4.53. The highest BCUT2D eigenvalue weighted by molar-refractivity contribution is 5.69. The lowest BCUT2D eigenvalue weighted by Crippen LogP contribution is -2.55. The Morgan fingerprint density at radius 3 is 2.37 bits per heavy atom. The molecule has 2 N–H and O–H groups in total. The number of benzene rings is 1. The third-order valence-electron chi connectivity index (χ3n) is 3.83. The minimum atomic E-state index is -0.972. The maximum atomic E-state index is 11.6. The van der Waals surface area contributed by atoms with Crippen LogP contribution in [0, 0.1) is 0 Å². The van der Waals surface area contributed by atoms with Crippen LogP contribution >= 0.6 is 0 Å². The van der Waals surface area contributed by atoms with Crippen molar-refractivity contribution in [2.75, 3.05) is 6.61 Å². The summed E-state index contributed by atoms with van der Waals surface area (Å²) < 4.78 is 0. The van der Waals surface area contributed by atoms with E-state index in [0.29, 0.717) is 6.42 Å². The van der Waals surface area contributed by atoms with Crippen LogP contribution in [0.15, 0.2) is 30.3 Å². The minimum absolute atomic E-state index is 0.0778. The van der Waals surface area contributed by atoms with E-state index in [1.54, 1.807) is 0 Å². The van der Waals surface area contributed by atoms with Gasteiger partial charge in [0.1, 0.15) is 0 Å². The lowest BCUT2D eigenvalue weighted by atomic mass is 9.99. The van der Waals surface area contributed by atoms with Gasteiger partial charge in [-0.05, 0) is 32.8 Å². The van der Waals surface area contributed by atoms with Gasteiger partial charge < -0.3 is 10.2 Å². The molecule has 1 aromatic carbocycles. The summed E-state index contributed by atoms with van der Waals surface area (Å²) in [5.41, 5.74) is -0.115. The standard InChI is InChI=1S/C15H21NO3/c1-14(2,3)16(13(18)19)15(10-17)9-12(15)11-7-5-4-6-8-11/h4-8,12,17H,9-10H2,1-3H3,(H,18,19). The summed E-state index contributed by atoms with van der Waals surface area (Å²) in [5, 5.41) is 19.3. The molecule has 1 amide bonds. The minimum Gasteiger partial charge on any atom is -0.465 e. The van der Waals surface area contributed by atoms with E-state index in [2.05, 4.69) is 0 Å². The molecule has 0 aromatic heterocycles. The molecule has 2 rings (SSSR count). The van der Waals surface area contributed by atoms with E-state index in [-0.39, 0.29) is 12.5 Å². The molecule has 1 aliphatic carbocycles. The summed E-state index contributed by atoms with van der Waals surface area (Å²) in [5.74, 6) is 0.0778. The first-order chi connectivity index (χ1) is 8.83.